The lowest BCUT2D eigenvalue weighted by molar-refractivity contribution is -0.115. The van der Waals surface area contributed by atoms with E-state index in [9.17, 15) is 4.79 Å². The highest BCUT2D eigenvalue weighted by Gasteiger charge is 2.35. The molecule has 3 nitrogen and oxygen atoms in total. The van der Waals surface area contributed by atoms with Crippen molar-refractivity contribution >= 4 is 21.7 Å². The largest absolute Gasteiger partial charge is 0.493 e. The maximum Gasteiger partial charge on any atom is 0.161 e. The van der Waals surface area contributed by atoms with Gasteiger partial charge < -0.3 is 9.47 Å². The fourth-order valence-corrected chi connectivity index (χ4v) is 3.89. The van der Waals surface area contributed by atoms with Gasteiger partial charge in [-0.3, -0.25) is 4.79 Å². The SMILES string of the molecule is C=C/C(Br)=C\C=C(/C)C1(c2ccc(OC)c(OC(C)CCCC)c2)C=CC(=O)CC1. The van der Waals surface area contributed by atoms with Gasteiger partial charge in [0.2, 0.25) is 0 Å². The van der Waals surface area contributed by atoms with E-state index in [4.69, 9.17) is 9.47 Å². The molecule has 0 heterocycles. The van der Waals surface area contributed by atoms with E-state index in [1.54, 1.807) is 19.3 Å². The van der Waals surface area contributed by atoms with Gasteiger partial charge in [0.25, 0.3) is 0 Å². The summed E-state index contributed by atoms with van der Waals surface area (Å²) >= 11 is 3.48. The minimum Gasteiger partial charge on any atom is -0.493 e. The lowest BCUT2D eigenvalue weighted by Gasteiger charge is -2.35. The molecule has 0 bridgehead atoms. The molecule has 30 heavy (non-hydrogen) atoms. The van der Waals surface area contributed by atoms with Gasteiger partial charge in [-0.15, -0.1) is 0 Å². The van der Waals surface area contributed by atoms with E-state index in [1.165, 1.54) is 0 Å². The van der Waals surface area contributed by atoms with Crippen LogP contribution in [0.2, 0.25) is 0 Å². The van der Waals surface area contributed by atoms with E-state index < -0.39 is 0 Å². The molecule has 2 rings (SSSR count). The number of hydrogen-bond donors (Lipinski definition) is 0. The molecule has 4 heteroatoms. The second-order valence-corrected chi connectivity index (χ2v) is 8.73. The van der Waals surface area contributed by atoms with E-state index in [0.29, 0.717) is 6.42 Å². The molecular weight excluding hydrogens is 440 g/mol. The van der Waals surface area contributed by atoms with Gasteiger partial charge in [-0.25, -0.2) is 0 Å². The third-order valence-electron chi connectivity index (χ3n) is 5.68. The van der Waals surface area contributed by atoms with Crippen molar-refractivity contribution in [3.8, 4) is 11.5 Å². The molecule has 1 aliphatic carbocycles. The topological polar surface area (TPSA) is 35.5 Å². The Morgan fingerprint density at radius 1 is 1.33 bits per heavy atom. The normalized spacial score (nSPS) is 20.8. The zero-order chi connectivity index (χ0) is 22.1. The van der Waals surface area contributed by atoms with E-state index >= 15 is 0 Å². The lowest BCUT2D eigenvalue weighted by Crippen LogP contribution is -2.29. The first-order valence-corrected chi connectivity index (χ1v) is 11.4. The Kier molecular flexibility index (Phi) is 9.16. The highest BCUT2D eigenvalue weighted by molar-refractivity contribution is 9.11. The van der Waals surface area contributed by atoms with Gasteiger partial charge in [0.1, 0.15) is 0 Å². The second kappa shape index (κ2) is 11.4. The van der Waals surface area contributed by atoms with Crippen molar-refractivity contribution in [2.45, 2.75) is 64.4 Å². The van der Waals surface area contributed by atoms with Gasteiger partial charge in [0.05, 0.1) is 13.2 Å². The standard InChI is InChI=1S/C26H33BrO3/c1-6-8-9-20(4)30-25-18-21(11-13-24(25)29-5)26(16-14-23(28)15-17-26)19(3)10-12-22(27)7-2/h7,10-14,16,18,20H,2,6,8-9,15,17H2,1,3-5H3/b19-10+,22-12+. The Labute approximate surface area is 189 Å². The maximum atomic E-state index is 11.9. The first-order valence-electron chi connectivity index (χ1n) is 10.6. The Balaban J connectivity index is 2.51. The maximum absolute atomic E-state index is 11.9. The molecule has 1 aliphatic rings. The Morgan fingerprint density at radius 2 is 2.10 bits per heavy atom. The van der Waals surface area contributed by atoms with Crippen LogP contribution in [-0.2, 0) is 10.2 Å². The van der Waals surface area contributed by atoms with Crippen LogP contribution in [0.5, 0.6) is 11.5 Å². The summed E-state index contributed by atoms with van der Waals surface area (Å²) in [4.78, 5) is 11.9. The third-order valence-corrected chi connectivity index (χ3v) is 6.27. The van der Waals surface area contributed by atoms with Crippen LogP contribution in [0.15, 0.2) is 65.2 Å². The zero-order valence-electron chi connectivity index (χ0n) is 18.5. The number of benzene rings is 1. The van der Waals surface area contributed by atoms with Crippen LogP contribution in [0.1, 0.15) is 58.4 Å². The van der Waals surface area contributed by atoms with Gasteiger partial charge in [0, 0.05) is 16.3 Å². The van der Waals surface area contributed by atoms with Crippen LogP contribution >= 0.6 is 15.9 Å². The van der Waals surface area contributed by atoms with E-state index in [1.807, 2.05) is 18.2 Å². The molecule has 0 aromatic heterocycles. The monoisotopic (exact) mass is 472 g/mol. The van der Waals surface area contributed by atoms with Gasteiger partial charge in [0.15, 0.2) is 17.3 Å². The van der Waals surface area contributed by atoms with Crippen molar-refractivity contribution in [3.63, 3.8) is 0 Å². The molecule has 0 radical (unpaired) electrons. The number of rotatable bonds is 10. The highest BCUT2D eigenvalue weighted by atomic mass is 79.9. The van der Waals surface area contributed by atoms with Crippen molar-refractivity contribution in [2.24, 2.45) is 0 Å². The molecule has 1 aromatic rings. The molecule has 0 N–H and O–H groups in total. The van der Waals surface area contributed by atoms with Gasteiger partial charge in [-0.1, -0.05) is 72.1 Å². The molecule has 2 atom stereocenters. The average Bonchev–Trinajstić information content (AvgIpc) is 2.76. The van der Waals surface area contributed by atoms with Crippen LogP contribution in [0, 0.1) is 0 Å². The number of ether oxygens (including phenoxy) is 2. The summed E-state index contributed by atoms with van der Waals surface area (Å²) in [6.45, 7) is 10.2. The quantitative estimate of drug-likeness (QED) is 0.337. The Hall–Kier alpha value is -2.07. The summed E-state index contributed by atoms with van der Waals surface area (Å²) < 4.78 is 12.7. The fraction of sp³-hybridized carbons (Fsp3) is 0.423. The third kappa shape index (κ3) is 5.98. The van der Waals surface area contributed by atoms with Gasteiger partial charge >= 0.3 is 0 Å². The minimum atomic E-state index is -0.365. The lowest BCUT2D eigenvalue weighted by atomic mass is 9.68. The van der Waals surface area contributed by atoms with Gasteiger partial charge in [-0.05, 0) is 56.5 Å². The summed E-state index contributed by atoms with van der Waals surface area (Å²) in [5.41, 5.74) is 1.89. The van der Waals surface area contributed by atoms with Crippen molar-refractivity contribution in [1.29, 1.82) is 0 Å². The fourth-order valence-electron chi connectivity index (χ4n) is 3.75. The first-order chi connectivity index (χ1) is 14.4. The van der Waals surface area contributed by atoms with E-state index in [2.05, 4.69) is 61.5 Å². The number of allylic oxidation sites excluding steroid dienone is 7. The summed E-state index contributed by atoms with van der Waals surface area (Å²) in [5, 5.41) is 0. The van der Waals surface area contributed by atoms with E-state index in [0.717, 1.165) is 52.8 Å². The molecule has 162 valence electrons. The molecule has 1 aromatic carbocycles. The van der Waals surface area contributed by atoms with Crippen molar-refractivity contribution in [2.75, 3.05) is 7.11 Å². The predicted molar refractivity (Wildman–Crippen MR) is 129 cm³/mol. The number of ketones is 1. The predicted octanol–water partition coefficient (Wildman–Crippen LogP) is 7.22. The molecule has 0 saturated carbocycles. The van der Waals surface area contributed by atoms with Crippen molar-refractivity contribution in [3.05, 3.63) is 70.8 Å². The van der Waals surface area contributed by atoms with Crippen molar-refractivity contribution in [1.82, 2.24) is 0 Å². The molecule has 0 spiro atoms. The van der Waals surface area contributed by atoms with Crippen LogP contribution in [0.25, 0.3) is 0 Å². The minimum absolute atomic E-state index is 0.108. The molecule has 0 amide bonds. The average molecular weight is 473 g/mol. The van der Waals surface area contributed by atoms with Crippen molar-refractivity contribution < 1.29 is 14.3 Å². The molecule has 0 saturated heterocycles. The van der Waals surface area contributed by atoms with Crippen LogP contribution in [0.4, 0.5) is 0 Å². The summed E-state index contributed by atoms with van der Waals surface area (Å²) in [6, 6.07) is 6.11. The van der Waals surface area contributed by atoms with Crippen LogP contribution in [-0.4, -0.2) is 19.0 Å². The smallest absolute Gasteiger partial charge is 0.161 e. The summed E-state index contributed by atoms with van der Waals surface area (Å²) in [7, 11) is 1.66. The molecular formula is C26H33BrO3. The molecule has 0 aliphatic heterocycles. The highest BCUT2D eigenvalue weighted by Crippen LogP contribution is 2.44. The first kappa shape index (κ1) is 24.2. The van der Waals surface area contributed by atoms with Crippen LogP contribution in [0.3, 0.4) is 0 Å². The Bertz CT molecular complexity index is 850. The zero-order valence-corrected chi connectivity index (χ0v) is 20.1. The van der Waals surface area contributed by atoms with Crippen LogP contribution < -0.4 is 9.47 Å². The summed E-state index contributed by atoms with van der Waals surface area (Å²) in [5.74, 6) is 1.64. The van der Waals surface area contributed by atoms with Gasteiger partial charge in [-0.2, -0.15) is 0 Å². The number of unbranched alkanes of at least 4 members (excludes halogenated alkanes) is 1. The number of halogens is 1. The number of carbonyl (C=O) groups excluding carboxylic acids is 1. The second-order valence-electron chi connectivity index (χ2n) is 7.81. The number of carbonyl (C=O) groups is 1. The molecule has 2 unspecified atom stereocenters. The number of methoxy groups -OCH3 is 1. The summed E-state index contributed by atoms with van der Waals surface area (Å²) in [6.07, 6.45) is 14.2. The number of hydrogen-bond acceptors (Lipinski definition) is 3. The molecule has 0 fully saturated rings. The van der Waals surface area contributed by atoms with E-state index in [-0.39, 0.29) is 17.3 Å². The Morgan fingerprint density at radius 3 is 2.70 bits per heavy atom.